The normalized spacial score (nSPS) is 19.6. The fourth-order valence-corrected chi connectivity index (χ4v) is 3.16. The van der Waals surface area contributed by atoms with E-state index in [4.69, 9.17) is 15.2 Å². The number of benzene rings is 1. The average Bonchev–Trinajstić information content (AvgIpc) is 2.63. The van der Waals surface area contributed by atoms with E-state index in [9.17, 15) is 0 Å². The quantitative estimate of drug-likeness (QED) is 0.920. The molecule has 1 aromatic carbocycles. The molecule has 0 aliphatic heterocycles. The summed E-state index contributed by atoms with van der Waals surface area (Å²) in [6, 6.07) is 4.15. The van der Waals surface area contributed by atoms with Crippen molar-refractivity contribution in [3.63, 3.8) is 0 Å². The topological polar surface area (TPSA) is 44.5 Å². The zero-order valence-corrected chi connectivity index (χ0v) is 13.0. The molecule has 1 aromatic rings. The average molecular weight is 326 g/mol. The summed E-state index contributed by atoms with van der Waals surface area (Å²) in [4.78, 5) is 0. The molecule has 1 atom stereocenters. The number of ether oxygens (including phenoxy) is 2. The molecule has 4 heteroatoms. The molecule has 0 saturated heterocycles. The summed E-state index contributed by atoms with van der Waals surface area (Å²) in [6.07, 6.45) is 6.63. The molecule has 0 saturated carbocycles. The molecule has 0 bridgehead atoms. The van der Waals surface area contributed by atoms with E-state index >= 15 is 0 Å². The summed E-state index contributed by atoms with van der Waals surface area (Å²) >= 11 is 3.55. The Hall–Kier alpha value is -1.00. The summed E-state index contributed by atoms with van der Waals surface area (Å²) in [5.41, 5.74) is 8.47. The molecule has 2 rings (SSSR count). The van der Waals surface area contributed by atoms with Gasteiger partial charge in [-0.15, -0.1) is 0 Å². The minimum Gasteiger partial charge on any atom is -0.495 e. The Morgan fingerprint density at radius 3 is 2.68 bits per heavy atom. The molecule has 2 N–H and O–H groups in total. The minimum atomic E-state index is 0.142. The van der Waals surface area contributed by atoms with Crippen LogP contribution >= 0.6 is 15.9 Å². The van der Waals surface area contributed by atoms with Gasteiger partial charge in [-0.25, -0.2) is 0 Å². The molecule has 0 spiro atoms. The molecular weight excluding hydrogens is 306 g/mol. The lowest BCUT2D eigenvalue weighted by atomic mass is 9.99. The van der Waals surface area contributed by atoms with E-state index in [2.05, 4.69) is 22.0 Å². The van der Waals surface area contributed by atoms with E-state index in [-0.39, 0.29) is 6.04 Å². The van der Waals surface area contributed by atoms with Crippen LogP contribution in [0.1, 0.15) is 31.2 Å². The zero-order chi connectivity index (χ0) is 13.8. The lowest BCUT2D eigenvalue weighted by molar-refractivity contribution is 0.388. The van der Waals surface area contributed by atoms with Gasteiger partial charge in [0, 0.05) is 11.6 Å². The smallest absolute Gasteiger partial charge is 0.144 e. The van der Waals surface area contributed by atoms with E-state index in [0.29, 0.717) is 0 Å². The number of allylic oxidation sites excluding steroid dienone is 1. The van der Waals surface area contributed by atoms with E-state index in [1.54, 1.807) is 14.2 Å². The largest absolute Gasteiger partial charge is 0.495 e. The molecule has 104 valence electrons. The van der Waals surface area contributed by atoms with Gasteiger partial charge >= 0.3 is 0 Å². The van der Waals surface area contributed by atoms with Gasteiger partial charge < -0.3 is 15.2 Å². The summed E-state index contributed by atoms with van der Waals surface area (Å²) in [6.45, 7) is 0. The van der Waals surface area contributed by atoms with Crippen molar-refractivity contribution in [3.8, 4) is 11.5 Å². The highest BCUT2D eigenvalue weighted by atomic mass is 79.9. The fraction of sp³-hybridized carbons (Fsp3) is 0.467. The minimum absolute atomic E-state index is 0.142. The van der Waals surface area contributed by atoms with Crippen LogP contribution in [0.2, 0.25) is 0 Å². The first-order valence-corrected chi connectivity index (χ1v) is 7.33. The maximum Gasteiger partial charge on any atom is 0.144 e. The molecule has 0 amide bonds. The van der Waals surface area contributed by atoms with E-state index in [1.165, 1.54) is 18.4 Å². The molecule has 1 aliphatic rings. The summed E-state index contributed by atoms with van der Waals surface area (Å²) in [5.74, 6) is 1.60. The predicted molar refractivity (Wildman–Crippen MR) is 81.7 cm³/mol. The van der Waals surface area contributed by atoms with E-state index < -0.39 is 0 Å². The summed E-state index contributed by atoms with van der Waals surface area (Å²) < 4.78 is 11.7. The number of nitrogens with two attached hydrogens (primary N) is 1. The van der Waals surface area contributed by atoms with Crippen molar-refractivity contribution >= 4 is 21.5 Å². The second-order valence-corrected chi connectivity index (χ2v) is 5.56. The third kappa shape index (κ3) is 3.12. The van der Waals surface area contributed by atoms with Crippen LogP contribution in [0, 0.1) is 0 Å². The number of hydrogen-bond donors (Lipinski definition) is 1. The number of halogens is 1. The van der Waals surface area contributed by atoms with Gasteiger partial charge in [0.25, 0.3) is 0 Å². The van der Waals surface area contributed by atoms with Gasteiger partial charge in [0.15, 0.2) is 0 Å². The third-order valence-corrected chi connectivity index (χ3v) is 4.23. The molecule has 1 aliphatic carbocycles. The Bertz CT molecular complexity index is 485. The van der Waals surface area contributed by atoms with Crippen LogP contribution < -0.4 is 15.2 Å². The molecule has 1 unspecified atom stereocenters. The zero-order valence-electron chi connectivity index (χ0n) is 11.4. The van der Waals surface area contributed by atoms with E-state index in [0.717, 1.165) is 34.4 Å². The first kappa shape index (κ1) is 14.4. The number of methoxy groups -OCH3 is 2. The van der Waals surface area contributed by atoms with Gasteiger partial charge in [0.1, 0.15) is 16.0 Å². The van der Waals surface area contributed by atoms with Crippen LogP contribution in [0.25, 0.3) is 5.57 Å². The number of rotatable bonds is 3. The van der Waals surface area contributed by atoms with Crippen LogP contribution in [0.4, 0.5) is 0 Å². The Labute approximate surface area is 122 Å². The maximum absolute atomic E-state index is 6.09. The van der Waals surface area contributed by atoms with Gasteiger partial charge in [0.2, 0.25) is 0 Å². The standard InChI is InChI=1S/C15H20BrNO2/c1-18-13-8-7-12(15(19-2)14(13)16)10-5-3-4-6-11(17)9-10/h7-9,11H,3-6,17H2,1-2H3. The first-order chi connectivity index (χ1) is 9.17. The van der Waals surface area contributed by atoms with Crippen molar-refractivity contribution in [2.45, 2.75) is 31.7 Å². The Balaban J connectivity index is 2.46. The van der Waals surface area contributed by atoms with Crippen molar-refractivity contribution in [1.82, 2.24) is 0 Å². The highest BCUT2D eigenvalue weighted by Crippen LogP contribution is 2.41. The molecule has 0 fully saturated rings. The maximum atomic E-state index is 6.09. The predicted octanol–water partition coefficient (Wildman–Crippen LogP) is 3.75. The lowest BCUT2D eigenvalue weighted by Gasteiger charge is -2.15. The van der Waals surface area contributed by atoms with Gasteiger partial charge in [-0.2, -0.15) is 0 Å². The third-order valence-electron chi connectivity index (χ3n) is 3.48. The second-order valence-electron chi connectivity index (χ2n) is 4.76. The molecule has 0 aromatic heterocycles. The molecular formula is C15H20BrNO2. The monoisotopic (exact) mass is 325 g/mol. The molecule has 3 nitrogen and oxygen atoms in total. The Kier molecular flexibility index (Phi) is 4.88. The van der Waals surface area contributed by atoms with Gasteiger partial charge in [-0.05, 0) is 52.9 Å². The highest BCUT2D eigenvalue weighted by molar-refractivity contribution is 9.10. The van der Waals surface area contributed by atoms with Gasteiger partial charge in [-0.1, -0.05) is 12.5 Å². The molecule has 0 radical (unpaired) electrons. The van der Waals surface area contributed by atoms with Crippen molar-refractivity contribution in [2.24, 2.45) is 5.73 Å². The molecule has 19 heavy (non-hydrogen) atoms. The van der Waals surface area contributed by atoms with Crippen LogP contribution in [-0.4, -0.2) is 20.3 Å². The lowest BCUT2D eigenvalue weighted by Crippen LogP contribution is -2.15. The molecule has 0 heterocycles. The van der Waals surface area contributed by atoms with Crippen LogP contribution in [0.3, 0.4) is 0 Å². The fourth-order valence-electron chi connectivity index (χ4n) is 2.49. The second kappa shape index (κ2) is 6.44. The van der Waals surface area contributed by atoms with Crippen molar-refractivity contribution in [3.05, 3.63) is 28.2 Å². The van der Waals surface area contributed by atoms with Gasteiger partial charge in [-0.3, -0.25) is 0 Å². The Morgan fingerprint density at radius 1 is 1.21 bits per heavy atom. The first-order valence-electron chi connectivity index (χ1n) is 6.54. The SMILES string of the molecule is COc1ccc(C2=CC(N)CCCC2)c(OC)c1Br. The summed E-state index contributed by atoms with van der Waals surface area (Å²) in [5, 5.41) is 0. The summed E-state index contributed by atoms with van der Waals surface area (Å²) in [7, 11) is 3.33. The van der Waals surface area contributed by atoms with Crippen LogP contribution in [-0.2, 0) is 0 Å². The van der Waals surface area contributed by atoms with Crippen molar-refractivity contribution in [2.75, 3.05) is 14.2 Å². The van der Waals surface area contributed by atoms with Crippen molar-refractivity contribution in [1.29, 1.82) is 0 Å². The van der Waals surface area contributed by atoms with Crippen LogP contribution in [0.5, 0.6) is 11.5 Å². The highest BCUT2D eigenvalue weighted by Gasteiger charge is 2.17. The van der Waals surface area contributed by atoms with Crippen molar-refractivity contribution < 1.29 is 9.47 Å². The van der Waals surface area contributed by atoms with E-state index in [1.807, 2.05) is 12.1 Å². The van der Waals surface area contributed by atoms with Gasteiger partial charge in [0.05, 0.1) is 14.2 Å². The Morgan fingerprint density at radius 2 is 2.00 bits per heavy atom. The number of hydrogen-bond acceptors (Lipinski definition) is 3. The van der Waals surface area contributed by atoms with Crippen LogP contribution in [0.15, 0.2) is 22.7 Å².